The van der Waals surface area contributed by atoms with Crippen LogP contribution in [-0.2, 0) is 10.8 Å². The number of hydrogen-bond donors (Lipinski definition) is 0. The Balaban J connectivity index is 2.53. The van der Waals surface area contributed by atoms with Gasteiger partial charge in [-0.1, -0.05) is 47.5 Å². The Morgan fingerprint density at radius 1 is 1.12 bits per heavy atom. The van der Waals surface area contributed by atoms with Crippen LogP contribution >= 0.6 is 0 Å². The van der Waals surface area contributed by atoms with E-state index in [1.54, 1.807) is 6.08 Å². The lowest BCUT2D eigenvalue weighted by molar-refractivity contribution is 0.298. The first-order valence-electron chi connectivity index (χ1n) is 9.61. The molecule has 0 atom stereocenters. The van der Waals surface area contributed by atoms with Gasteiger partial charge in [0.05, 0.1) is 12.7 Å². The summed E-state index contributed by atoms with van der Waals surface area (Å²) >= 11 is 0. The maximum absolute atomic E-state index is 9.09. The number of benzene rings is 1. The van der Waals surface area contributed by atoms with Gasteiger partial charge in [-0.25, -0.2) is 0 Å². The van der Waals surface area contributed by atoms with Gasteiger partial charge in [-0.05, 0) is 65.8 Å². The van der Waals surface area contributed by atoms with Crippen molar-refractivity contribution in [2.24, 2.45) is 0 Å². The van der Waals surface area contributed by atoms with Crippen LogP contribution in [0.1, 0.15) is 90.3 Å². The molecule has 0 bridgehead atoms. The summed E-state index contributed by atoms with van der Waals surface area (Å²) in [7, 11) is 0. The summed E-state index contributed by atoms with van der Waals surface area (Å²) in [5.41, 5.74) is 5.19. The fourth-order valence-corrected chi connectivity index (χ4v) is 3.73. The minimum atomic E-state index is 0.160. The van der Waals surface area contributed by atoms with Gasteiger partial charge in [-0.15, -0.1) is 0 Å². The summed E-state index contributed by atoms with van der Waals surface area (Å²) in [6, 6.07) is 6.71. The summed E-state index contributed by atoms with van der Waals surface area (Å²) in [5, 5.41) is 9.09. The minimum Gasteiger partial charge on any atom is -0.493 e. The third kappa shape index (κ3) is 4.27. The standard InChI is InChI=1S/C23H33NO/c1-7-8-9-14-25-21-16-20-19(15-18(21)17(2)10-13-24)22(3,4)11-12-23(20,5)6/h10,15-16H,7-9,11-12,14H2,1-6H3/b17-10-. The summed E-state index contributed by atoms with van der Waals surface area (Å²) < 4.78 is 6.18. The van der Waals surface area contributed by atoms with E-state index in [-0.39, 0.29) is 10.8 Å². The second-order valence-electron chi connectivity index (χ2n) is 8.67. The molecule has 0 spiro atoms. The van der Waals surface area contributed by atoms with Gasteiger partial charge in [0, 0.05) is 11.6 Å². The lowest BCUT2D eigenvalue weighted by Gasteiger charge is -2.42. The molecule has 0 radical (unpaired) electrons. The van der Waals surface area contributed by atoms with Gasteiger partial charge in [-0.3, -0.25) is 0 Å². The van der Waals surface area contributed by atoms with E-state index in [0.717, 1.165) is 29.9 Å². The van der Waals surface area contributed by atoms with Crippen LogP contribution in [0.15, 0.2) is 18.2 Å². The Labute approximate surface area is 153 Å². The van der Waals surface area contributed by atoms with Crippen molar-refractivity contribution in [3.8, 4) is 11.8 Å². The molecule has 1 aliphatic carbocycles. The van der Waals surface area contributed by atoms with E-state index in [4.69, 9.17) is 10.00 Å². The van der Waals surface area contributed by atoms with Gasteiger partial charge in [0.2, 0.25) is 0 Å². The lowest BCUT2D eigenvalue weighted by atomic mass is 9.62. The molecule has 0 saturated carbocycles. The van der Waals surface area contributed by atoms with Crippen LogP contribution < -0.4 is 4.74 Å². The predicted molar refractivity (Wildman–Crippen MR) is 106 cm³/mol. The molecule has 0 unspecified atom stereocenters. The Morgan fingerprint density at radius 3 is 2.28 bits per heavy atom. The normalized spacial score (nSPS) is 18.4. The van der Waals surface area contributed by atoms with E-state index in [2.05, 4.69) is 52.8 Å². The van der Waals surface area contributed by atoms with Gasteiger partial charge in [0.1, 0.15) is 5.75 Å². The van der Waals surface area contributed by atoms with Crippen molar-refractivity contribution in [3.05, 3.63) is 34.9 Å². The molecule has 2 nitrogen and oxygen atoms in total. The SMILES string of the molecule is CCCCCOc1cc2c(cc1/C(C)=C\C#N)C(C)(C)CCC2(C)C. The van der Waals surface area contributed by atoms with Gasteiger partial charge in [0.15, 0.2) is 0 Å². The van der Waals surface area contributed by atoms with Crippen LogP contribution in [0, 0.1) is 11.3 Å². The van der Waals surface area contributed by atoms with Gasteiger partial charge >= 0.3 is 0 Å². The molecular weight excluding hydrogens is 306 g/mol. The molecule has 0 N–H and O–H groups in total. The highest BCUT2D eigenvalue weighted by atomic mass is 16.5. The van der Waals surface area contributed by atoms with Crippen LogP contribution in [0.25, 0.3) is 5.57 Å². The van der Waals surface area contributed by atoms with Crippen molar-refractivity contribution in [1.29, 1.82) is 5.26 Å². The maximum Gasteiger partial charge on any atom is 0.127 e. The molecular formula is C23H33NO. The van der Waals surface area contributed by atoms with Gasteiger partial charge in [0.25, 0.3) is 0 Å². The largest absolute Gasteiger partial charge is 0.493 e. The number of unbranched alkanes of at least 4 members (excludes halogenated alkanes) is 2. The van der Waals surface area contributed by atoms with E-state index >= 15 is 0 Å². The van der Waals surface area contributed by atoms with E-state index in [0.29, 0.717) is 0 Å². The first kappa shape index (κ1) is 19.6. The summed E-state index contributed by atoms with van der Waals surface area (Å²) in [5.74, 6) is 0.935. The van der Waals surface area contributed by atoms with E-state index < -0.39 is 0 Å². The number of hydrogen-bond acceptors (Lipinski definition) is 2. The highest BCUT2D eigenvalue weighted by molar-refractivity contribution is 5.73. The molecule has 1 aliphatic rings. The minimum absolute atomic E-state index is 0.160. The van der Waals surface area contributed by atoms with Crippen molar-refractivity contribution >= 4 is 5.57 Å². The molecule has 2 rings (SSSR count). The van der Waals surface area contributed by atoms with Crippen LogP contribution in [0.2, 0.25) is 0 Å². The first-order valence-corrected chi connectivity index (χ1v) is 9.61. The number of rotatable bonds is 6. The monoisotopic (exact) mass is 339 g/mol. The summed E-state index contributed by atoms with van der Waals surface area (Å²) in [6.45, 7) is 14.3. The van der Waals surface area contributed by atoms with Crippen molar-refractivity contribution in [2.45, 2.75) is 84.5 Å². The van der Waals surface area contributed by atoms with E-state index in [1.165, 1.54) is 36.8 Å². The average molecular weight is 340 g/mol. The van der Waals surface area contributed by atoms with Crippen LogP contribution in [0.4, 0.5) is 0 Å². The van der Waals surface area contributed by atoms with Crippen LogP contribution in [0.5, 0.6) is 5.75 Å². The second-order valence-corrected chi connectivity index (χ2v) is 8.67. The third-order valence-electron chi connectivity index (χ3n) is 5.66. The quantitative estimate of drug-likeness (QED) is 0.436. The Hall–Kier alpha value is -1.75. The second kappa shape index (κ2) is 7.65. The van der Waals surface area contributed by atoms with Gasteiger partial charge in [-0.2, -0.15) is 5.26 Å². The number of ether oxygens (including phenoxy) is 1. The molecule has 0 saturated heterocycles. The van der Waals surface area contributed by atoms with Crippen molar-refractivity contribution in [2.75, 3.05) is 6.61 Å². The summed E-state index contributed by atoms with van der Waals surface area (Å²) in [4.78, 5) is 0. The Bertz CT molecular complexity index is 689. The molecule has 0 heterocycles. The van der Waals surface area contributed by atoms with E-state index in [9.17, 15) is 0 Å². The molecule has 25 heavy (non-hydrogen) atoms. The van der Waals surface area contributed by atoms with Crippen molar-refractivity contribution in [1.82, 2.24) is 0 Å². The number of nitriles is 1. The fraction of sp³-hybridized carbons (Fsp3) is 0.609. The number of fused-ring (bicyclic) bond motifs is 1. The van der Waals surface area contributed by atoms with Crippen molar-refractivity contribution < 1.29 is 4.74 Å². The predicted octanol–water partition coefficient (Wildman–Crippen LogP) is 6.53. The summed E-state index contributed by atoms with van der Waals surface area (Å²) in [6.07, 6.45) is 7.45. The molecule has 1 aromatic rings. The Morgan fingerprint density at radius 2 is 1.72 bits per heavy atom. The topological polar surface area (TPSA) is 33.0 Å². The maximum atomic E-state index is 9.09. The fourth-order valence-electron chi connectivity index (χ4n) is 3.73. The highest BCUT2D eigenvalue weighted by Crippen LogP contribution is 2.48. The third-order valence-corrected chi connectivity index (χ3v) is 5.66. The molecule has 0 fully saturated rings. The number of nitrogens with zero attached hydrogens (tertiary/aromatic N) is 1. The molecule has 0 amide bonds. The molecule has 0 aliphatic heterocycles. The molecule has 136 valence electrons. The molecule has 0 aromatic heterocycles. The Kier molecular flexibility index (Phi) is 5.99. The zero-order valence-corrected chi connectivity index (χ0v) is 16.8. The zero-order chi connectivity index (χ0) is 18.7. The molecule has 1 aromatic carbocycles. The van der Waals surface area contributed by atoms with Crippen LogP contribution in [0.3, 0.4) is 0 Å². The van der Waals surface area contributed by atoms with E-state index in [1.807, 2.05) is 6.92 Å². The van der Waals surface area contributed by atoms with Gasteiger partial charge < -0.3 is 4.74 Å². The highest BCUT2D eigenvalue weighted by Gasteiger charge is 2.38. The number of allylic oxidation sites excluding steroid dienone is 2. The van der Waals surface area contributed by atoms with Crippen molar-refractivity contribution in [3.63, 3.8) is 0 Å². The average Bonchev–Trinajstić information content (AvgIpc) is 2.55. The first-order chi connectivity index (χ1) is 11.7. The molecule has 2 heteroatoms. The lowest BCUT2D eigenvalue weighted by Crippen LogP contribution is -2.34. The van der Waals surface area contributed by atoms with Crippen LogP contribution in [-0.4, -0.2) is 6.61 Å². The smallest absolute Gasteiger partial charge is 0.127 e. The zero-order valence-electron chi connectivity index (χ0n) is 16.8.